The first-order chi connectivity index (χ1) is 16.9. The minimum Gasteiger partial charge on any atom is -0.368 e. The van der Waals surface area contributed by atoms with Gasteiger partial charge in [-0.05, 0) is 55.7 Å². The molecule has 2 aliphatic rings. The largest absolute Gasteiger partial charge is 0.368 e. The van der Waals surface area contributed by atoms with Crippen LogP contribution >= 0.6 is 11.6 Å². The van der Waals surface area contributed by atoms with Crippen LogP contribution in [0.3, 0.4) is 0 Å². The lowest BCUT2D eigenvalue weighted by molar-refractivity contribution is -0.118. The van der Waals surface area contributed by atoms with Crippen LogP contribution in [0.15, 0.2) is 71.7 Å². The molecule has 5 nitrogen and oxygen atoms in total. The molecule has 1 atom stereocenters. The minimum absolute atomic E-state index is 0.0453. The first-order valence-corrected chi connectivity index (χ1v) is 12.6. The molecule has 3 aromatic rings. The zero-order valence-corrected chi connectivity index (χ0v) is 21.3. The van der Waals surface area contributed by atoms with Crippen molar-refractivity contribution in [1.29, 1.82) is 0 Å². The normalized spacial score (nSPS) is 18.3. The third-order valence-corrected chi connectivity index (χ3v) is 7.15. The van der Waals surface area contributed by atoms with Crippen LogP contribution in [0.2, 0.25) is 5.02 Å². The second-order valence-corrected chi connectivity index (χ2v) is 9.94. The maximum Gasteiger partial charge on any atom is 0.259 e. The molecule has 1 unspecified atom stereocenters. The SMILES string of the molecule is Cc1ccc(N2C(=O)C(Cc3ccccc3)N=C2N2CCN(c3cc(Cl)ccc3C)CC2)c(C)c1. The molecule has 35 heavy (non-hydrogen) atoms. The van der Waals surface area contributed by atoms with Crippen molar-refractivity contribution in [2.75, 3.05) is 36.0 Å². The van der Waals surface area contributed by atoms with E-state index in [1.54, 1.807) is 0 Å². The molecule has 2 aliphatic heterocycles. The van der Waals surface area contributed by atoms with Crippen molar-refractivity contribution < 1.29 is 4.79 Å². The minimum atomic E-state index is -0.415. The summed E-state index contributed by atoms with van der Waals surface area (Å²) in [4.78, 5) is 25.2. The summed E-state index contributed by atoms with van der Waals surface area (Å²) in [5, 5.41) is 0.753. The van der Waals surface area contributed by atoms with E-state index in [1.165, 1.54) is 16.8 Å². The molecule has 1 fully saturated rings. The summed E-state index contributed by atoms with van der Waals surface area (Å²) in [7, 11) is 0. The monoisotopic (exact) mass is 486 g/mol. The van der Waals surface area contributed by atoms with Gasteiger partial charge in [-0.25, -0.2) is 9.89 Å². The van der Waals surface area contributed by atoms with Crippen molar-refractivity contribution in [3.63, 3.8) is 0 Å². The van der Waals surface area contributed by atoms with Gasteiger partial charge in [-0.2, -0.15) is 0 Å². The maximum atomic E-state index is 13.7. The molecule has 0 saturated carbocycles. The molecule has 3 aromatic carbocycles. The molecule has 0 radical (unpaired) electrons. The van der Waals surface area contributed by atoms with Crippen molar-refractivity contribution in [2.45, 2.75) is 33.2 Å². The molecule has 5 rings (SSSR count). The van der Waals surface area contributed by atoms with Crippen LogP contribution in [-0.4, -0.2) is 49.0 Å². The Hall–Kier alpha value is -3.31. The summed E-state index contributed by atoms with van der Waals surface area (Å²) in [6.45, 7) is 9.53. The standard InChI is InChI=1S/C29H31ClN4O/c1-20-9-12-26(22(3)17-20)34-28(35)25(18-23-7-5-4-6-8-23)31-29(34)33-15-13-32(14-16-33)27-19-24(30)11-10-21(27)2/h4-12,17,19,25H,13-16,18H2,1-3H3. The van der Waals surface area contributed by atoms with Crippen LogP contribution in [0.1, 0.15) is 22.3 Å². The second kappa shape index (κ2) is 9.74. The average molecular weight is 487 g/mol. The number of rotatable bonds is 4. The number of aliphatic imine (C=N–C) groups is 1. The molecule has 6 heteroatoms. The fraction of sp³-hybridized carbons (Fsp3) is 0.310. The Morgan fingerprint density at radius 2 is 1.54 bits per heavy atom. The predicted octanol–water partition coefficient (Wildman–Crippen LogP) is 5.40. The summed E-state index contributed by atoms with van der Waals surface area (Å²) in [6, 6.07) is 22.0. The number of piperazine rings is 1. The van der Waals surface area contributed by atoms with Crippen LogP contribution < -0.4 is 9.80 Å². The lowest BCUT2D eigenvalue weighted by atomic mass is 10.1. The summed E-state index contributed by atoms with van der Waals surface area (Å²) >= 11 is 6.28. The molecule has 2 heterocycles. The maximum absolute atomic E-state index is 13.7. The van der Waals surface area contributed by atoms with E-state index in [9.17, 15) is 4.79 Å². The van der Waals surface area contributed by atoms with E-state index in [4.69, 9.17) is 16.6 Å². The van der Waals surface area contributed by atoms with E-state index in [0.29, 0.717) is 6.42 Å². The first kappa shape index (κ1) is 23.4. The van der Waals surface area contributed by atoms with Crippen LogP contribution in [-0.2, 0) is 11.2 Å². The Morgan fingerprint density at radius 3 is 2.26 bits per heavy atom. The van der Waals surface area contributed by atoms with Gasteiger partial charge in [0.05, 0.1) is 5.69 Å². The van der Waals surface area contributed by atoms with E-state index >= 15 is 0 Å². The zero-order valence-electron chi connectivity index (χ0n) is 20.5. The van der Waals surface area contributed by atoms with Gasteiger partial charge in [-0.3, -0.25) is 4.79 Å². The van der Waals surface area contributed by atoms with Crippen molar-refractivity contribution in [3.05, 3.63) is 94.0 Å². The average Bonchev–Trinajstić information content (AvgIpc) is 3.17. The lowest BCUT2D eigenvalue weighted by Gasteiger charge is -2.39. The smallest absolute Gasteiger partial charge is 0.259 e. The number of benzene rings is 3. The highest BCUT2D eigenvalue weighted by molar-refractivity contribution is 6.30. The van der Waals surface area contributed by atoms with Gasteiger partial charge in [-0.15, -0.1) is 0 Å². The number of amides is 1. The van der Waals surface area contributed by atoms with Crippen molar-refractivity contribution in [2.24, 2.45) is 4.99 Å². The van der Waals surface area contributed by atoms with Crippen LogP contribution in [0.4, 0.5) is 11.4 Å². The van der Waals surface area contributed by atoms with Gasteiger partial charge in [0.25, 0.3) is 5.91 Å². The van der Waals surface area contributed by atoms with Gasteiger partial charge in [0.2, 0.25) is 5.96 Å². The van der Waals surface area contributed by atoms with E-state index in [1.807, 2.05) is 35.2 Å². The van der Waals surface area contributed by atoms with E-state index in [-0.39, 0.29) is 5.91 Å². The molecule has 1 amide bonds. The quantitative estimate of drug-likeness (QED) is 0.495. The molecule has 180 valence electrons. The van der Waals surface area contributed by atoms with E-state index in [0.717, 1.165) is 54.0 Å². The number of halogens is 1. The van der Waals surface area contributed by atoms with Gasteiger partial charge >= 0.3 is 0 Å². The molecular weight excluding hydrogens is 456 g/mol. The number of hydrogen-bond acceptors (Lipinski definition) is 4. The second-order valence-electron chi connectivity index (χ2n) is 9.50. The Kier molecular flexibility index (Phi) is 6.52. The highest BCUT2D eigenvalue weighted by atomic mass is 35.5. The summed E-state index contributed by atoms with van der Waals surface area (Å²) in [5.74, 6) is 0.814. The van der Waals surface area contributed by atoms with Crippen LogP contribution in [0.5, 0.6) is 0 Å². The third kappa shape index (κ3) is 4.78. The Morgan fingerprint density at radius 1 is 0.829 bits per heavy atom. The molecule has 0 aromatic heterocycles. The number of hydrogen-bond donors (Lipinski definition) is 0. The molecule has 0 spiro atoms. The molecule has 1 saturated heterocycles. The molecule has 0 N–H and O–H groups in total. The Labute approximate surface area is 212 Å². The number of aryl methyl sites for hydroxylation is 3. The third-order valence-electron chi connectivity index (χ3n) is 6.92. The number of nitrogens with zero attached hydrogens (tertiary/aromatic N) is 4. The lowest BCUT2D eigenvalue weighted by Crippen LogP contribution is -2.53. The number of carbonyl (C=O) groups is 1. The highest BCUT2D eigenvalue weighted by Gasteiger charge is 2.39. The van der Waals surface area contributed by atoms with Gasteiger partial charge in [-0.1, -0.05) is 65.7 Å². The van der Waals surface area contributed by atoms with E-state index < -0.39 is 6.04 Å². The first-order valence-electron chi connectivity index (χ1n) is 12.2. The molecule has 0 bridgehead atoms. The fourth-order valence-electron chi connectivity index (χ4n) is 5.05. The number of anilines is 2. The predicted molar refractivity (Wildman–Crippen MR) is 145 cm³/mol. The Balaban J connectivity index is 1.42. The summed E-state index contributed by atoms with van der Waals surface area (Å²) < 4.78 is 0. The number of carbonyl (C=O) groups excluding carboxylic acids is 1. The fourth-order valence-corrected chi connectivity index (χ4v) is 5.21. The zero-order chi connectivity index (χ0) is 24.5. The van der Waals surface area contributed by atoms with Gasteiger partial charge in [0.15, 0.2) is 0 Å². The van der Waals surface area contributed by atoms with E-state index in [2.05, 4.69) is 67.0 Å². The summed E-state index contributed by atoms with van der Waals surface area (Å²) in [6.07, 6.45) is 0.603. The van der Waals surface area contributed by atoms with Crippen LogP contribution in [0, 0.1) is 20.8 Å². The topological polar surface area (TPSA) is 39.2 Å². The number of guanidine groups is 1. The van der Waals surface area contributed by atoms with Gasteiger partial charge in [0, 0.05) is 43.3 Å². The molecular formula is C29H31ClN4O. The Bertz CT molecular complexity index is 1260. The van der Waals surface area contributed by atoms with Crippen molar-refractivity contribution in [1.82, 2.24) is 4.90 Å². The van der Waals surface area contributed by atoms with Crippen molar-refractivity contribution >= 4 is 34.8 Å². The van der Waals surface area contributed by atoms with Crippen molar-refractivity contribution in [3.8, 4) is 0 Å². The molecule has 0 aliphatic carbocycles. The van der Waals surface area contributed by atoms with Gasteiger partial charge < -0.3 is 9.80 Å². The van der Waals surface area contributed by atoms with Gasteiger partial charge in [0.1, 0.15) is 6.04 Å². The highest BCUT2D eigenvalue weighted by Crippen LogP contribution is 2.30. The van der Waals surface area contributed by atoms with Crippen LogP contribution in [0.25, 0.3) is 0 Å². The summed E-state index contributed by atoms with van der Waals surface area (Å²) in [5.41, 5.74) is 6.70.